The summed E-state index contributed by atoms with van der Waals surface area (Å²) in [6.07, 6.45) is -2.52. The van der Waals surface area contributed by atoms with Gasteiger partial charge in [0.15, 0.2) is 0 Å². The number of unbranched alkanes of at least 4 members (excludes halogenated alkanes) is 2. The van der Waals surface area contributed by atoms with E-state index in [2.05, 4.69) is 15.4 Å². The highest BCUT2D eigenvalue weighted by Crippen LogP contribution is 2.23. The Morgan fingerprint density at radius 1 is 1.11 bits per heavy atom. The van der Waals surface area contributed by atoms with Gasteiger partial charge in [-0.2, -0.15) is 0 Å². The molecule has 0 heterocycles. The number of urea groups is 1. The van der Waals surface area contributed by atoms with E-state index in [4.69, 9.17) is 5.73 Å². The second kappa shape index (κ2) is 11.0. The number of primary amides is 1. The van der Waals surface area contributed by atoms with E-state index in [1.54, 1.807) is 0 Å². The van der Waals surface area contributed by atoms with Crippen LogP contribution in [0, 0.1) is 0 Å². The first-order chi connectivity index (χ1) is 13.1. The maximum Gasteiger partial charge on any atom is 0.573 e. The molecule has 8 nitrogen and oxygen atoms in total. The number of carbonyl (C=O) groups excluding carboxylic acids is 3. The predicted octanol–water partition coefficient (Wildman–Crippen LogP) is 2.21. The molecule has 0 atom stereocenters. The number of alkyl halides is 3. The fraction of sp³-hybridized carbons (Fsp3) is 0.471. The van der Waals surface area contributed by atoms with Crippen molar-refractivity contribution in [2.24, 2.45) is 5.73 Å². The number of halogens is 3. The summed E-state index contributed by atoms with van der Waals surface area (Å²) in [6.45, 7) is 0.247. The molecule has 0 spiro atoms. The zero-order valence-electron chi connectivity index (χ0n) is 15.3. The largest absolute Gasteiger partial charge is 0.573 e. The number of benzene rings is 1. The van der Waals surface area contributed by atoms with Crippen molar-refractivity contribution in [3.05, 3.63) is 24.3 Å². The molecule has 0 radical (unpaired) electrons. The van der Waals surface area contributed by atoms with Gasteiger partial charge in [-0.1, -0.05) is 6.42 Å². The molecule has 1 aromatic carbocycles. The van der Waals surface area contributed by atoms with Crippen LogP contribution in [0.5, 0.6) is 5.75 Å². The van der Waals surface area contributed by atoms with Gasteiger partial charge < -0.3 is 26.0 Å². The molecule has 0 aliphatic carbocycles. The third kappa shape index (κ3) is 10.2. The Morgan fingerprint density at radius 2 is 1.75 bits per heavy atom. The maximum atomic E-state index is 12.1. The summed E-state index contributed by atoms with van der Waals surface area (Å²) in [5.74, 6) is -1.10. The van der Waals surface area contributed by atoms with Crippen molar-refractivity contribution in [2.75, 3.05) is 25.5 Å². The molecule has 0 aliphatic heterocycles. The van der Waals surface area contributed by atoms with E-state index < -0.39 is 24.1 Å². The van der Waals surface area contributed by atoms with E-state index in [0.29, 0.717) is 19.4 Å². The minimum absolute atomic E-state index is 0.192. The fourth-order valence-corrected chi connectivity index (χ4v) is 2.22. The highest BCUT2D eigenvalue weighted by Gasteiger charge is 2.30. The molecule has 0 saturated heterocycles. The number of likely N-dealkylation sites (N-methyl/N-ethyl adjacent to an activating group) is 1. The first kappa shape index (κ1) is 23.1. The molecule has 0 aliphatic rings. The molecule has 0 saturated carbocycles. The summed E-state index contributed by atoms with van der Waals surface area (Å²) in [6, 6.07) is 4.09. The Labute approximate surface area is 160 Å². The van der Waals surface area contributed by atoms with Crippen LogP contribution in [0.4, 0.5) is 23.7 Å². The molecule has 0 bridgehead atoms. The van der Waals surface area contributed by atoms with Crippen LogP contribution in [-0.2, 0) is 9.59 Å². The average Bonchev–Trinajstić information content (AvgIpc) is 2.57. The van der Waals surface area contributed by atoms with Crippen LogP contribution in [0.2, 0.25) is 0 Å². The van der Waals surface area contributed by atoms with Gasteiger partial charge in [0, 0.05) is 25.7 Å². The van der Waals surface area contributed by atoms with E-state index in [0.717, 1.165) is 18.6 Å². The molecule has 1 aromatic rings. The van der Waals surface area contributed by atoms with Gasteiger partial charge in [0.2, 0.25) is 11.8 Å². The SMILES string of the molecule is CN(CC(=O)Nc1ccc(OC(F)(F)F)cc1)C(=O)CCCCCNC(N)=O. The van der Waals surface area contributed by atoms with E-state index in [9.17, 15) is 27.6 Å². The molecule has 0 unspecified atom stereocenters. The lowest BCUT2D eigenvalue weighted by Gasteiger charge is -2.17. The predicted molar refractivity (Wildman–Crippen MR) is 95.4 cm³/mol. The summed E-state index contributed by atoms with van der Waals surface area (Å²) in [5.41, 5.74) is 5.21. The lowest BCUT2D eigenvalue weighted by Crippen LogP contribution is -2.34. The molecule has 0 fully saturated rings. The van der Waals surface area contributed by atoms with Crippen LogP contribution in [0.25, 0.3) is 0 Å². The number of carbonyl (C=O) groups is 3. The first-order valence-electron chi connectivity index (χ1n) is 8.50. The molecule has 4 amide bonds. The van der Waals surface area contributed by atoms with Crippen molar-refractivity contribution in [3.63, 3.8) is 0 Å². The fourth-order valence-electron chi connectivity index (χ4n) is 2.22. The lowest BCUT2D eigenvalue weighted by molar-refractivity contribution is -0.274. The third-order valence-electron chi connectivity index (χ3n) is 3.54. The number of hydrogen-bond donors (Lipinski definition) is 3. The van der Waals surface area contributed by atoms with Crippen molar-refractivity contribution in [1.82, 2.24) is 10.2 Å². The normalized spacial score (nSPS) is 10.9. The highest BCUT2D eigenvalue weighted by molar-refractivity contribution is 5.94. The minimum Gasteiger partial charge on any atom is -0.406 e. The van der Waals surface area contributed by atoms with E-state index >= 15 is 0 Å². The molecule has 156 valence electrons. The first-order valence-corrected chi connectivity index (χ1v) is 8.50. The number of hydrogen-bond acceptors (Lipinski definition) is 4. The number of ether oxygens (including phenoxy) is 1. The summed E-state index contributed by atoms with van der Waals surface area (Å²) in [7, 11) is 1.48. The number of anilines is 1. The van der Waals surface area contributed by atoms with Crippen LogP contribution in [0.15, 0.2) is 24.3 Å². The average molecular weight is 404 g/mol. The topological polar surface area (TPSA) is 114 Å². The minimum atomic E-state index is -4.79. The smallest absolute Gasteiger partial charge is 0.406 e. The number of amides is 4. The van der Waals surface area contributed by atoms with Gasteiger partial charge >= 0.3 is 12.4 Å². The third-order valence-corrected chi connectivity index (χ3v) is 3.54. The molecule has 28 heavy (non-hydrogen) atoms. The summed E-state index contributed by atoms with van der Waals surface area (Å²) >= 11 is 0. The van der Waals surface area contributed by atoms with Gasteiger partial charge in [-0.15, -0.1) is 13.2 Å². The van der Waals surface area contributed by atoms with Gasteiger partial charge in [-0.05, 0) is 37.1 Å². The van der Waals surface area contributed by atoms with Gasteiger partial charge in [-0.25, -0.2) is 4.79 Å². The highest BCUT2D eigenvalue weighted by atomic mass is 19.4. The standard InChI is InChI=1S/C17H23F3N4O4/c1-24(15(26)5-3-2-4-10-22-16(21)27)11-14(25)23-12-6-8-13(9-7-12)28-17(18,19)20/h6-9H,2-5,10-11H2,1H3,(H,23,25)(H3,21,22,27). The zero-order valence-corrected chi connectivity index (χ0v) is 15.3. The number of rotatable bonds is 10. The number of nitrogens with zero attached hydrogens (tertiary/aromatic N) is 1. The second-order valence-electron chi connectivity index (χ2n) is 5.97. The van der Waals surface area contributed by atoms with Gasteiger partial charge in [0.05, 0.1) is 6.54 Å². The Morgan fingerprint density at radius 3 is 2.32 bits per heavy atom. The van der Waals surface area contributed by atoms with E-state index in [1.807, 2.05) is 0 Å². The molecule has 0 aromatic heterocycles. The van der Waals surface area contributed by atoms with Crippen LogP contribution in [-0.4, -0.2) is 49.2 Å². The monoisotopic (exact) mass is 404 g/mol. The lowest BCUT2D eigenvalue weighted by atomic mass is 10.2. The molecular weight excluding hydrogens is 381 g/mol. The van der Waals surface area contributed by atoms with Gasteiger partial charge in [0.25, 0.3) is 0 Å². The van der Waals surface area contributed by atoms with Crippen molar-refractivity contribution in [2.45, 2.75) is 32.0 Å². The molecule has 1 rings (SSSR count). The van der Waals surface area contributed by atoms with Gasteiger partial charge in [-0.3, -0.25) is 9.59 Å². The summed E-state index contributed by atoms with van der Waals surface area (Å²) in [5, 5.41) is 4.94. The van der Waals surface area contributed by atoms with Crippen molar-refractivity contribution < 1.29 is 32.3 Å². The Kier molecular flexibility index (Phi) is 9.06. The van der Waals surface area contributed by atoms with Crippen LogP contribution in [0.1, 0.15) is 25.7 Å². The molecule has 11 heteroatoms. The second-order valence-corrected chi connectivity index (χ2v) is 5.97. The quantitative estimate of drug-likeness (QED) is 0.519. The summed E-state index contributed by atoms with van der Waals surface area (Å²) < 4.78 is 40.0. The van der Waals surface area contributed by atoms with Crippen LogP contribution < -0.4 is 21.1 Å². The van der Waals surface area contributed by atoms with Crippen LogP contribution in [0.3, 0.4) is 0 Å². The van der Waals surface area contributed by atoms with E-state index in [1.165, 1.54) is 24.1 Å². The van der Waals surface area contributed by atoms with Gasteiger partial charge in [0.1, 0.15) is 5.75 Å². The number of nitrogens with one attached hydrogen (secondary N) is 2. The molecule has 4 N–H and O–H groups in total. The Bertz CT molecular complexity index is 665. The Balaban J connectivity index is 2.31. The van der Waals surface area contributed by atoms with Crippen molar-refractivity contribution in [3.8, 4) is 5.75 Å². The number of nitrogens with two attached hydrogens (primary N) is 1. The van der Waals surface area contributed by atoms with Crippen molar-refractivity contribution >= 4 is 23.5 Å². The van der Waals surface area contributed by atoms with Crippen LogP contribution >= 0.6 is 0 Å². The Hall–Kier alpha value is -2.98. The molecular formula is C17H23F3N4O4. The van der Waals surface area contributed by atoms with E-state index in [-0.39, 0.29) is 24.6 Å². The summed E-state index contributed by atoms with van der Waals surface area (Å²) in [4.78, 5) is 35.7. The van der Waals surface area contributed by atoms with Crippen molar-refractivity contribution in [1.29, 1.82) is 0 Å². The maximum absolute atomic E-state index is 12.1. The zero-order chi connectivity index (χ0) is 21.2.